The van der Waals surface area contributed by atoms with Crippen LogP contribution in [0.15, 0.2) is 40.9 Å². The van der Waals surface area contributed by atoms with Crippen LogP contribution in [-0.2, 0) is 6.42 Å². The Morgan fingerprint density at radius 2 is 2.10 bits per heavy atom. The van der Waals surface area contributed by atoms with Gasteiger partial charge < -0.3 is 10.1 Å². The first-order chi connectivity index (χ1) is 9.70. The minimum atomic E-state index is 0.132. The van der Waals surface area contributed by atoms with Crippen LogP contribution in [0.4, 0.5) is 0 Å². The van der Waals surface area contributed by atoms with Gasteiger partial charge in [-0.1, -0.05) is 34.1 Å². The van der Waals surface area contributed by atoms with E-state index in [2.05, 4.69) is 80.2 Å². The molecule has 2 aromatic rings. The molecule has 0 aliphatic carbocycles. The first kappa shape index (κ1) is 14.4. The van der Waals surface area contributed by atoms with Gasteiger partial charge in [0.2, 0.25) is 0 Å². The van der Waals surface area contributed by atoms with E-state index in [-0.39, 0.29) is 6.04 Å². The van der Waals surface area contributed by atoms with Gasteiger partial charge in [0.25, 0.3) is 0 Å². The van der Waals surface area contributed by atoms with Gasteiger partial charge in [-0.15, -0.1) is 0 Å². The second-order valence-corrected chi connectivity index (χ2v) is 6.92. The molecule has 20 heavy (non-hydrogen) atoms. The average molecular weight is 444 g/mol. The van der Waals surface area contributed by atoms with E-state index in [0.717, 1.165) is 23.2 Å². The fourth-order valence-corrected chi connectivity index (χ4v) is 3.67. The van der Waals surface area contributed by atoms with Gasteiger partial charge in [-0.25, -0.2) is 0 Å². The van der Waals surface area contributed by atoms with Crippen molar-refractivity contribution >= 4 is 38.5 Å². The summed E-state index contributed by atoms with van der Waals surface area (Å²) in [6, 6.07) is 13.0. The van der Waals surface area contributed by atoms with Crippen molar-refractivity contribution in [3.63, 3.8) is 0 Å². The van der Waals surface area contributed by atoms with Crippen LogP contribution in [0.5, 0.6) is 5.75 Å². The van der Waals surface area contributed by atoms with Crippen LogP contribution >= 0.6 is 38.5 Å². The second-order valence-electron chi connectivity index (χ2n) is 4.82. The summed E-state index contributed by atoms with van der Waals surface area (Å²) in [6.45, 7) is 0.788. The maximum absolute atomic E-state index is 5.85. The minimum absolute atomic E-state index is 0.132. The average Bonchev–Trinajstić information content (AvgIpc) is 2.92. The topological polar surface area (TPSA) is 21.3 Å². The van der Waals surface area contributed by atoms with Crippen LogP contribution < -0.4 is 10.1 Å². The van der Waals surface area contributed by atoms with Crippen molar-refractivity contribution in [2.75, 3.05) is 13.7 Å². The molecule has 0 radical (unpaired) electrons. The lowest BCUT2D eigenvalue weighted by Crippen LogP contribution is -2.19. The molecule has 1 aliphatic heterocycles. The molecule has 104 valence electrons. The third-order valence-electron chi connectivity index (χ3n) is 3.61. The molecule has 1 heterocycles. The quantitative estimate of drug-likeness (QED) is 0.714. The molecule has 4 heteroatoms. The number of benzene rings is 2. The number of hydrogen-bond donors (Lipinski definition) is 1. The van der Waals surface area contributed by atoms with Crippen LogP contribution in [0.1, 0.15) is 22.7 Å². The molecule has 0 saturated carbocycles. The van der Waals surface area contributed by atoms with Gasteiger partial charge in [0, 0.05) is 20.0 Å². The van der Waals surface area contributed by atoms with Crippen LogP contribution in [0.2, 0.25) is 0 Å². The zero-order valence-electron chi connectivity index (χ0n) is 11.1. The molecule has 3 rings (SSSR count). The van der Waals surface area contributed by atoms with E-state index in [1.165, 1.54) is 20.3 Å². The molecule has 0 spiro atoms. The Labute approximate surface area is 141 Å². The lowest BCUT2D eigenvalue weighted by Gasteiger charge is -2.21. The van der Waals surface area contributed by atoms with Crippen LogP contribution in [0.25, 0.3) is 0 Å². The van der Waals surface area contributed by atoms with E-state index in [0.29, 0.717) is 0 Å². The number of para-hydroxylation sites is 1. The lowest BCUT2D eigenvalue weighted by molar-refractivity contribution is 0.351. The maximum Gasteiger partial charge on any atom is 0.127 e. The van der Waals surface area contributed by atoms with Crippen molar-refractivity contribution in [3.05, 3.63) is 61.1 Å². The van der Waals surface area contributed by atoms with Crippen molar-refractivity contribution in [2.45, 2.75) is 12.5 Å². The van der Waals surface area contributed by atoms with Gasteiger partial charge in [-0.2, -0.15) is 0 Å². The van der Waals surface area contributed by atoms with Crippen LogP contribution in [0, 0.1) is 3.57 Å². The summed E-state index contributed by atoms with van der Waals surface area (Å²) in [5, 5.41) is 3.42. The summed E-state index contributed by atoms with van der Waals surface area (Å²) >= 11 is 6.01. The monoisotopic (exact) mass is 443 g/mol. The predicted molar refractivity (Wildman–Crippen MR) is 93.4 cm³/mol. The van der Waals surface area contributed by atoms with Crippen molar-refractivity contribution in [1.82, 2.24) is 5.32 Å². The normalized spacial score (nSPS) is 14.8. The van der Waals surface area contributed by atoms with E-state index in [1.807, 2.05) is 7.05 Å². The molecule has 1 atom stereocenters. The fourth-order valence-electron chi connectivity index (χ4n) is 2.68. The highest BCUT2D eigenvalue weighted by atomic mass is 127. The van der Waals surface area contributed by atoms with Crippen LogP contribution in [-0.4, -0.2) is 13.7 Å². The number of nitrogens with one attached hydrogen (secondary N) is 1. The van der Waals surface area contributed by atoms with Gasteiger partial charge in [0.1, 0.15) is 5.75 Å². The molecule has 0 fully saturated rings. The summed E-state index contributed by atoms with van der Waals surface area (Å²) in [5.41, 5.74) is 3.76. The Morgan fingerprint density at radius 1 is 1.25 bits per heavy atom. The molecule has 0 amide bonds. The molecule has 1 N–H and O–H groups in total. The SMILES string of the molecule is CNC(c1cc(I)ccc1Br)c1cccc2c1OCC2. The van der Waals surface area contributed by atoms with Crippen LogP contribution in [0.3, 0.4) is 0 Å². The minimum Gasteiger partial charge on any atom is -0.493 e. The molecule has 0 saturated heterocycles. The highest BCUT2D eigenvalue weighted by Gasteiger charge is 2.23. The molecule has 2 aromatic carbocycles. The Balaban J connectivity index is 2.11. The Morgan fingerprint density at radius 3 is 2.90 bits per heavy atom. The largest absolute Gasteiger partial charge is 0.493 e. The smallest absolute Gasteiger partial charge is 0.127 e. The lowest BCUT2D eigenvalue weighted by atomic mass is 9.96. The van der Waals surface area contributed by atoms with Gasteiger partial charge >= 0.3 is 0 Å². The Kier molecular flexibility index (Phi) is 4.33. The summed E-state index contributed by atoms with van der Waals surface area (Å²) in [5.74, 6) is 1.05. The molecule has 2 nitrogen and oxygen atoms in total. The number of ether oxygens (including phenoxy) is 1. The van der Waals surface area contributed by atoms with E-state index < -0.39 is 0 Å². The fraction of sp³-hybridized carbons (Fsp3) is 0.250. The molecule has 1 unspecified atom stereocenters. The first-order valence-corrected chi connectivity index (χ1v) is 8.44. The van der Waals surface area contributed by atoms with Crippen molar-refractivity contribution in [3.8, 4) is 5.75 Å². The summed E-state index contributed by atoms with van der Waals surface area (Å²) in [4.78, 5) is 0. The van der Waals surface area contributed by atoms with Crippen molar-refractivity contribution in [2.24, 2.45) is 0 Å². The van der Waals surface area contributed by atoms with Gasteiger partial charge in [0.15, 0.2) is 0 Å². The summed E-state index contributed by atoms with van der Waals surface area (Å²) < 4.78 is 8.20. The molecular weight excluding hydrogens is 429 g/mol. The molecular formula is C16H15BrINO. The number of fused-ring (bicyclic) bond motifs is 1. The molecule has 0 bridgehead atoms. The van der Waals surface area contributed by atoms with E-state index in [9.17, 15) is 0 Å². The molecule has 0 aromatic heterocycles. The zero-order chi connectivity index (χ0) is 14.1. The van der Waals surface area contributed by atoms with E-state index >= 15 is 0 Å². The van der Waals surface area contributed by atoms with Gasteiger partial charge in [0.05, 0.1) is 12.6 Å². The zero-order valence-corrected chi connectivity index (χ0v) is 14.9. The number of rotatable bonds is 3. The second kappa shape index (κ2) is 6.03. The maximum atomic E-state index is 5.85. The van der Waals surface area contributed by atoms with E-state index in [4.69, 9.17) is 4.74 Å². The summed E-state index contributed by atoms with van der Waals surface area (Å²) in [7, 11) is 1.99. The molecule has 1 aliphatic rings. The third kappa shape index (κ3) is 2.61. The van der Waals surface area contributed by atoms with Gasteiger partial charge in [-0.3, -0.25) is 0 Å². The van der Waals surface area contributed by atoms with E-state index in [1.54, 1.807) is 0 Å². The highest BCUT2D eigenvalue weighted by Crippen LogP contribution is 2.38. The highest BCUT2D eigenvalue weighted by molar-refractivity contribution is 14.1. The summed E-state index contributed by atoms with van der Waals surface area (Å²) in [6.07, 6.45) is 1.01. The standard InChI is InChI=1S/C16H15BrINO/c1-19-15(13-9-11(18)5-6-14(13)17)12-4-2-3-10-7-8-20-16(10)12/h2-6,9,15,19H,7-8H2,1H3. The Hall–Kier alpha value is -0.590. The number of hydrogen-bond acceptors (Lipinski definition) is 2. The van der Waals surface area contributed by atoms with Crippen molar-refractivity contribution in [1.29, 1.82) is 0 Å². The van der Waals surface area contributed by atoms with Crippen molar-refractivity contribution < 1.29 is 4.74 Å². The first-order valence-electron chi connectivity index (χ1n) is 6.57. The predicted octanol–water partition coefficient (Wildman–Crippen LogP) is 4.30. The number of halogens is 2. The van der Waals surface area contributed by atoms with Gasteiger partial charge in [-0.05, 0) is 59.0 Å². The Bertz CT molecular complexity index is 644. The third-order valence-corrected chi connectivity index (χ3v) is 5.01.